The van der Waals surface area contributed by atoms with E-state index in [4.69, 9.17) is 4.74 Å². The van der Waals surface area contributed by atoms with Gasteiger partial charge in [-0.25, -0.2) is 0 Å². The highest BCUT2D eigenvalue weighted by molar-refractivity contribution is 5.85. The van der Waals surface area contributed by atoms with E-state index in [1.807, 2.05) is 20.8 Å². The molecule has 0 spiro atoms. The van der Waals surface area contributed by atoms with Gasteiger partial charge < -0.3 is 10.1 Å². The first kappa shape index (κ1) is 11.7. The maximum absolute atomic E-state index is 11.2. The predicted octanol–water partition coefficient (Wildman–Crippen LogP) is 1.11. The third kappa shape index (κ3) is 3.41. The van der Waals surface area contributed by atoms with Gasteiger partial charge in [-0.2, -0.15) is 0 Å². The van der Waals surface area contributed by atoms with Crippen molar-refractivity contribution in [2.45, 2.75) is 38.8 Å². The predicted molar refractivity (Wildman–Crippen MR) is 49.5 cm³/mol. The molecule has 1 saturated heterocycles. The lowest BCUT2D eigenvalue weighted by Crippen LogP contribution is -2.50. The van der Waals surface area contributed by atoms with Crippen LogP contribution in [0.15, 0.2) is 0 Å². The van der Waals surface area contributed by atoms with Gasteiger partial charge in [0.2, 0.25) is 0 Å². The van der Waals surface area contributed by atoms with Crippen LogP contribution in [0.5, 0.6) is 0 Å². The molecule has 0 aliphatic carbocycles. The van der Waals surface area contributed by atoms with Crippen LogP contribution in [0.2, 0.25) is 0 Å². The SMILES string of the molecule is CC(C)(C)OC(=O)[C@H]1CCN1.Cl. The molecule has 0 aromatic heterocycles. The van der Waals surface area contributed by atoms with Crippen molar-refractivity contribution >= 4 is 18.4 Å². The molecule has 0 amide bonds. The fourth-order valence-electron chi connectivity index (χ4n) is 0.863. The van der Waals surface area contributed by atoms with Gasteiger partial charge in [-0.1, -0.05) is 0 Å². The number of rotatable bonds is 1. The molecule has 0 radical (unpaired) electrons. The maximum atomic E-state index is 11.2. The van der Waals surface area contributed by atoms with Crippen molar-refractivity contribution in [2.24, 2.45) is 0 Å². The van der Waals surface area contributed by atoms with Crippen LogP contribution in [-0.4, -0.2) is 24.2 Å². The summed E-state index contributed by atoms with van der Waals surface area (Å²) < 4.78 is 5.14. The Bertz CT molecular complexity index is 161. The van der Waals surface area contributed by atoms with Crippen LogP contribution in [-0.2, 0) is 9.53 Å². The second kappa shape index (κ2) is 4.10. The molecule has 72 valence electrons. The van der Waals surface area contributed by atoms with Crippen molar-refractivity contribution in [2.75, 3.05) is 6.54 Å². The highest BCUT2D eigenvalue weighted by Crippen LogP contribution is 2.12. The lowest BCUT2D eigenvalue weighted by Gasteiger charge is -2.29. The molecule has 0 aromatic rings. The van der Waals surface area contributed by atoms with Gasteiger partial charge in [-0.15, -0.1) is 12.4 Å². The molecule has 1 N–H and O–H groups in total. The number of carbonyl (C=O) groups excluding carboxylic acids is 1. The minimum atomic E-state index is -0.353. The van der Waals surface area contributed by atoms with E-state index in [1.165, 1.54) is 0 Å². The lowest BCUT2D eigenvalue weighted by molar-refractivity contribution is -0.159. The molecule has 1 heterocycles. The standard InChI is InChI=1S/C8H15NO2.ClH/c1-8(2,3)11-7(10)6-4-5-9-6;/h6,9H,4-5H2,1-3H3;1H/t6-;/m1./s1. The third-order valence-corrected chi connectivity index (χ3v) is 1.52. The van der Waals surface area contributed by atoms with Crippen LogP contribution < -0.4 is 5.32 Å². The first-order valence-corrected chi connectivity index (χ1v) is 3.95. The van der Waals surface area contributed by atoms with Crippen molar-refractivity contribution < 1.29 is 9.53 Å². The van der Waals surface area contributed by atoms with Crippen LogP contribution in [0, 0.1) is 0 Å². The number of ether oxygens (including phenoxy) is 1. The first-order chi connectivity index (χ1) is 4.99. The minimum absolute atomic E-state index is 0. The van der Waals surface area contributed by atoms with Crippen molar-refractivity contribution in [3.8, 4) is 0 Å². The van der Waals surface area contributed by atoms with Gasteiger partial charge in [-0.3, -0.25) is 4.79 Å². The number of hydrogen-bond acceptors (Lipinski definition) is 3. The van der Waals surface area contributed by atoms with E-state index in [2.05, 4.69) is 5.32 Å². The van der Waals surface area contributed by atoms with Gasteiger partial charge in [0.1, 0.15) is 11.6 Å². The molecule has 1 fully saturated rings. The Morgan fingerprint density at radius 2 is 2.00 bits per heavy atom. The van der Waals surface area contributed by atoms with Crippen molar-refractivity contribution in [3.05, 3.63) is 0 Å². The number of halogens is 1. The summed E-state index contributed by atoms with van der Waals surface area (Å²) in [6.45, 7) is 6.57. The van der Waals surface area contributed by atoms with Crippen LogP contribution in [0.3, 0.4) is 0 Å². The molecule has 4 heteroatoms. The number of carbonyl (C=O) groups is 1. The molecule has 0 aromatic carbocycles. The van der Waals surface area contributed by atoms with Crippen LogP contribution in [0.25, 0.3) is 0 Å². The zero-order valence-corrected chi connectivity index (χ0v) is 8.53. The summed E-state index contributed by atoms with van der Waals surface area (Å²) in [5, 5.41) is 2.99. The van der Waals surface area contributed by atoms with Crippen molar-refractivity contribution in [1.29, 1.82) is 0 Å². The van der Waals surface area contributed by atoms with E-state index in [-0.39, 0.29) is 30.0 Å². The van der Waals surface area contributed by atoms with E-state index in [9.17, 15) is 4.79 Å². The van der Waals surface area contributed by atoms with Crippen molar-refractivity contribution in [3.63, 3.8) is 0 Å². The average Bonchev–Trinajstić information content (AvgIpc) is 1.50. The number of nitrogens with one attached hydrogen (secondary N) is 1. The molecule has 1 rings (SSSR count). The van der Waals surface area contributed by atoms with Gasteiger partial charge >= 0.3 is 5.97 Å². The smallest absolute Gasteiger partial charge is 0.323 e. The summed E-state index contributed by atoms with van der Waals surface area (Å²) in [6.07, 6.45) is 0.912. The molecular formula is C8H16ClNO2. The van der Waals surface area contributed by atoms with Gasteiger partial charge in [0.15, 0.2) is 0 Å². The van der Waals surface area contributed by atoms with Crippen molar-refractivity contribution in [1.82, 2.24) is 5.32 Å². The largest absolute Gasteiger partial charge is 0.459 e. The zero-order valence-electron chi connectivity index (χ0n) is 7.72. The Morgan fingerprint density at radius 1 is 1.50 bits per heavy atom. The highest BCUT2D eigenvalue weighted by Gasteiger charge is 2.29. The van der Waals surface area contributed by atoms with Crippen LogP contribution in [0.4, 0.5) is 0 Å². The van der Waals surface area contributed by atoms with E-state index in [0.29, 0.717) is 0 Å². The lowest BCUT2D eigenvalue weighted by atomic mass is 10.1. The minimum Gasteiger partial charge on any atom is -0.459 e. The Balaban J connectivity index is 0.00000121. The van der Waals surface area contributed by atoms with E-state index >= 15 is 0 Å². The Kier molecular flexibility index (Phi) is 4.00. The normalized spacial score (nSPS) is 22.1. The second-order valence-corrected chi connectivity index (χ2v) is 3.83. The van der Waals surface area contributed by atoms with Gasteiger partial charge in [0.25, 0.3) is 0 Å². The molecule has 3 nitrogen and oxygen atoms in total. The second-order valence-electron chi connectivity index (χ2n) is 3.83. The van der Waals surface area contributed by atoms with E-state index in [0.717, 1.165) is 13.0 Å². The van der Waals surface area contributed by atoms with E-state index < -0.39 is 0 Å². The highest BCUT2D eigenvalue weighted by atomic mass is 35.5. The quantitative estimate of drug-likeness (QED) is 0.635. The monoisotopic (exact) mass is 193 g/mol. The summed E-state index contributed by atoms with van der Waals surface area (Å²) in [5.41, 5.74) is -0.353. The summed E-state index contributed by atoms with van der Waals surface area (Å²) in [6, 6.07) is -0.0470. The topological polar surface area (TPSA) is 38.3 Å². The molecule has 1 aliphatic heterocycles. The molecule has 0 bridgehead atoms. The summed E-state index contributed by atoms with van der Waals surface area (Å²) in [4.78, 5) is 11.2. The fourth-order valence-corrected chi connectivity index (χ4v) is 0.863. The van der Waals surface area contributed by atoms with Crippen LogP contribution >= 0.6 is 12.4 Å². The Labute approximate surface area is 79.3 Å². The molecule has 0 unspecified atom stereocenters. The van der Waals surface area contributed by atoms with Crippen LogP contribution in [0.1, 0.15) is 27.2 Å². The average molecular weight is 194 g/mol. The molecular weight excluding hydrogens is 178 g/mol. The third-order valence-electron chi connectivity index (χ3n) is 1.52. The molecule has 1 aliphatic rings. The number of hydrogen-bond donors (Lipinski definition) is 1. The summed E-state index contributed by atoms with van der Waals surface area (Å²) in [7, 11) is 0. The van der Waals surface area contributed by atoms with Gasteiger partial charge in [0, 0.05) is 0 Å². The van der Waals surface area contributed by atoms with Gasteiger partial charge in [-0.05, 0) is 33.7 Å². The Morgan fingerprint density at radius 3 is 2.25 bits per heavy atom. The molecule has 1 atom stereocenters. The first-order valence-electron chi connectivity index (χ1n) is 3.95. The summed E-state index contributed by atoms with van der Waals surface area (Å²) >= 11 is 0. The molecule has 12 heavy (non-hydrogen) atoms. The fraction of sp³-hybridized carbons (Fsp3) is 0.875. The summed E-state index contributed by atoms with van der Waals surface area (Å²) in [5.74, 6) is -0.122. The van der Waals surface area contributed by atoms with Gasteiger partial charge in [0.05, 0.1) is 0 Å². The zero-order chi connectivity index (χ0) is 8.48. The maximum Gasteiger partial charge on any atom is 0.323 e. The number of esters is 1. The Hall–Kier alpha value is -0.280. The van der Waals surface area contributed by atoms with E-state index in [1.54, 1.807) is 0 Å². The molecule has 0 saturated carbocycles.